The molecule has 0 aromatic carbocycles. The van der Waals surface area contributed by atoms with Crippen LogP contribution in [0, 0.1) is 0 Å². The molecule has 8 nitrogen and oxygen atoms in total. The number of anilines is 1. The molecule has 20 heavy (non-hydrogen) atoms. The lowest BCUT2D eigenvalue weighted by Crippen LogP contribution is -2.15. The molecule has 0 radical (unpaired) electrons. The van der Waals surface area contributed by atoms with Crippen molar-refractivity contribution in [1.29, 1.82) is 0 Å². The number of nitrogens with zero attached hydrogens (tertiary/aromatic N) is 6. The molecule has 0 aliphatic rings. The zero-order valence-corrected chi connectivity index (χ0v) is 10.2. The molecule has 0 fully saturated rings. The van der Waals surface area contributed by atoms with Crippen LogP contribution in [0.15, 0.2) is 49.4 Å². The highest BCUT2D eigenvalue weighted by Gasteiger charge is 2.09. The molecular formula is C12H9N7O. The number of amides is 1. The van der Waals surface area contributed by atoms with Crippen molar-refractivity contribution in [3.8, 4) is 5.82 Å². The third kappa shape index (κ3) is 2.48. The molecule has 0 aliphatic carbocycles. The number of hydrogen-bond donors (Lipinski definition) is 1. The summed E-state index contributed by atoms with van der Waals surface area (Å²) in [5.41, 5.74) is 0.215. The van der Waals surface area contributed by atoms with Crippen LogP contribution in [0.5, 0.6) is 0 Å². The van der Waals surface area contributed by atoms with Crippen LogP contribution >= 0.6 is 0 Å². The van der Waals surface area contributed by atoms with Gasteiger partial charge < -0.3 is 5.32 Å². The fraction of sp³-hybridized carbons (Fsp3) is 0. The molecular weight excluding hydrogens is 258 g/mol. The highest BCUT2D eigenvalue weighted by Crippen LogP contribution is 2.08. The molecule has 3 aromatic rings. The maximum atomic E-state index is 11.9. The van der Waals surface area contributed by atoms with E-state index < -0.39 is 0 Å². The van der Waals surface area contributed by atoms with Gasteiger partial charge in [-0.05, 0) is 6.07 Å². The predicted molar refractivity (Wildman–Crippen MR) is 69.1 cm³/mol. The molecule has 0 saturated carbocycles. The fourth-order valence-electron chi connectivity index (χ4n) is 1.54. The van der Waals surface area contributed by atoms with Crippen LogP contribution in [0.1, 0.15) is 10.5 Å². The van der Waals surface area contributed by atoms with Crippen LogP contribution in [0.4, 0.5) is 5.82 Å². The van der Waals surface area contributed by atoms with Crippen molar-refractivity contribution >= 4 is 11.7 Å². The molecule has 0 saturated heterocycles. The number of hydrogen-bond acceptors (Lipinski definition) is 6. The van der Waals surface area contributed by atoms with Crippen molar-refractivity contribution in [1.82, 2.24) is 29.7 Å². The third-order valence-corrected chi connectivity index (χ3v) is 2.43. The normalized spacial score (nSPS) is 10.2. The predicted octanol–water partition coefficient (Wildman–Crippen LogP) is 0.705. The monoisotopic (exact) mass is 267 g/mol. The van der Waals surface area contributed by atoms with Gasteiger partial charge in [0.25, 0.3) is 5.91 Å². The smallest absolute Gasteiger partial charge is 0.277 e. The summed E-state index contributed by atoms with van der Waals surface area (Å²) in [4.78, 5) is 27.7. The Balaban J connectivity index is 1.82. The molecule has 0 unspecified atom stereocenters. The molecule has 3 heterocycles. The fourth-order valence-corrected chi connectivity index (χ4v) is 1.54. The lowest BCUT2D eigenvalue weighted by Gasteiger charge is -2.05. The van der Waals surface area contributed by atoms with E-state index in [1.165, 1.54) is 24.9 Å². The van der Waals surface area contributed by atoms with Crippen LogP contribution in [0.3, 0.4) is 0 Å². The van der Waals surface area contributed by atoms with E-state index in [-0.39, 0.29) is 11.6 Å². The summed E-state index contributed by atoms with van der Waals surface area (Å²) in [6.07, 6.45) is 9.06. The molecule has 8 heteroatoms. The SMILES string of the molecule is O=C(Nc1cc(-n2cccn2)ncn1)c1cnccn1. The van der Waals surface area contributed by atoms with Gasteiger partial charge in [0.1, 0.15) is 17.8 Å². The minimum absolute atomic E-state index is 0.215. The van der Waals surface area contributed by atoms with E-state index in [0.29, 0.717) is 11.6 Å². The first kappa shape index (κ1) is 11.9. The summed E-state index contributed by atoms with van der Waals surface area (Å²) in [6, 6.07) is 3.39. The van der Waals surface area contributed by atoms with E-state index >= 15 is 0 Å². The van der Waals surface area contributed by atoms with Crippen molar-refractivity contribution in [2.24, 2.45) is 0 Å². The lowest BCUT2D eigenvalue weighted by atomic mass is 10.4. The van der Waals surface area contributed by atoms with Gasteiger partial charge in [-0.25, -0.2) is 19.6 Å². The van der Waals surface area contributed by atoms with Gasteiger partial charge in [0.15, 0.2) is 5.82 Å². The Morgan fingerprint density at radius 1 is 1.15 bits per heavy atom. The second-order valence-corrected chi connectivity index (χ2v) is 3.76. The second-order valence-electron chi connectivity index (χ2n) is 3.76. The molecule has 0 bridgehead atoms. The Morgan fingerprint density at radius 2 is 2.10 bits per heavy atom. The number of nitrogens with one attached hydrogen (secondary N) is 1. The number of carbonyl (C=O) groups is 1. The van der Waals surface area contributed by atoms with Crippen molar-refractivity contribution in [2.45, 2.75) is 0 Å². The van der Waals surface area contributed by atoms with Crippen LogP contribution in [-0.4, -0.2) is 35.6 Å². The van der Waals surface area contributed by atoms with E-state index in [1.54, 1.807) is 29.2 Å². The van der Waals surface area contributed by atoms with Gasteiger partial charge in [0.05, 0.1) is 6.20 Å². The van der Waals surface area contributed by atoms with Crippen molar-refractivity contribution < 1.29 is 4.79 Å². The largest absolute Gasteiger partial charge is 0.305 e. The van der Waals surface area contributed by atoms with Crippen molar-refractivity contribution in [2.75, 3.05) is 5.32 Å². The summed E-state index contributed by atoms with van der Waals surface area (Å²) in [5.74, 6) is 0.531. The van der Waals surface area contributed by atoms with E-state index in [2.05, 4.69) is 30.4 Å². The minimum Gasteiger partial charge on any atom is -0.305 e. The Kier molecular flexibility index (Phi) is 3.11. The maximum Gasteiger partial charge on any atom is 0.277 e. The number of carbonyl (C=O) groups excluding carboxylic acids is 1. The quantitative estimate of drug-likeness (QED) is 0.750. The molecule has 0 aliphatic heterocycles. The topological polar surface area (TPSA) is 98.5 Å². The average Bonchev–Trinajstić information content (AvgIpc) is 3.03. The highest BCUT2D eigenvalue weighted by molar-refractivity contribution is 6.02. The minimum atomic E-state index is -0.386. The van der Waals surface area contributed by atoms with Gasteiger partial charge in [-0.15, -0.1) is 0 Å². The Morgan fingerprint density at radius 3 is 2.85 bits per heavy atom. The molecule has 1 amide bonds. The van der Waals surface area contributed by atoms with Gasteiger partial charge in [0, 0.05) is 30.9 Å². The van der Waals surface area contributed by atoms with Gasteiger partial charge in [0.2, 0.25) is 0 Å². The molecule has 0 atom stereocenters. The Bertz CT molecular complexity index is 712. The second kappa shape index (κ2) is 5.22. The zero-order valence-electron chi connectivity index (χ0n) is 10.2. The van der Waals surface area contributed by atoms with E-state index in [0.717, 1.165) is 0 Å². The van der Waals surface area contributed by atoms with Crippen LogP contribution in [0.25, 0.3) is 5.82 Å². The summed E-state index contributed by atoms with van der Waals surface area (Å²) < 4.78 is 1.57. The molecule has 1 N–H and O–H groups in total. The van der Waals surface area contributed by atoms with E-state index in [9.17, 15) is 4.79 Å². The van der Waals surface area contributed by atoms with E-state index in [4.69, 9.17) is 0 Å². The van der Waals surface area contributed by atoms with Gasteiger partial charge in [-0.1, -0.05) is 0 Å². The average molecular weight is 267 g/mol. The zero-order chi connectivity index (χ0) is 13.8. The van der Waals surface area contributed by atoms with Gasteiger partial charge >= 0.3 is 0 Å². The Hall–Kier alpha value is -3.16. The van der Waals surface area contributed by atoms with Gasteiger partial charge in [-0.3, -0.25) is 9.78 Å². The van der Waals surface area contributed by atoms with Gasteiger partial charge in [-0.2, -0.15) is 5.10 Å². The number of aromatic nitrogens is 6. The summed E-state index contributed by atoms with van der Waals surface area (Å²) in [5, 5.41) is 6.68. The molecule has 3 aromatic heterocycles. The molecule has 3 rings (SSSR count). The first-order chi connectivity index (χ1) is 9.83. The molecule has 98 valence electrons. The number of rotatable bonds is 3. The lowest BCUT2D eigenvalue weighted by molar-refractivity contribution is 0.102. The first-order valence-electron chi connectivity index (χ1n) is 5.72. The standard InChI is InChI=1S/C12H9N7O/c20-12(9-7-13-3-4-14-9)18-10-6-11(16-8-15-10)19-5-1-2-17-19/h1-8H,(H,15,16,18,20). The highest BCUT2D eigenvalue weighted by atomic mass is 16.1. The van der Waals surface area contributed by atoms with Crippen molar-refractivity contribution in [3.63, 3.8) is 0 Å². The van der Waals surface area contributed by atoms with Crippen molar-refractivity contribution in [3.05, 3.63) is 55.1 Å². The maximum absolute atomic E-state index is 11.9. The summed E-state index contributed by atoms with van der Waals surface area (Å²) in [7, 11) is 0. The third-order valence-electron chi connectivity index (χ3n) is 2.43. The molecule has 0 spiro atoms. The van der Waals surface area contributed by atoms with Crippen LogP contribution in [-0.2, 0) is 0 Å². The first-order valence-corrected chi connectivity index (χ1v) is 5.72. The van der Waals surface area contributed by atoms with E-state index in [1.807, 2.05) is 0 Å². The Labute approximate surface area is 113 Å². The summed E-state index contributed by atoms with van der Waals surface area (Å²) >= 11 is 0. The van der Waals surface area contributed by atoms with Crippen LogP contribution in [0.2, 0.25) is 0 Å². The summed E-state index contributed by atoms with van der Waals surface area (Å²) in [6.45, 7) is 0. The van der Waals surface area contributed by atoms with Crippen LogP contribution < -0.4 is 5.32 Å².